The van der Waals surface area contributed by atoms with Gasteiger partial charge < -0.3 is 4.74 Å². The number of primary sulfonamides is 1. The molecule has 18 heavy (non-hydrogen) atoms. The van der Waals surface area contributed by atoms with Gasteiger partial charge in [-0.25, -0.2) is 17.9 Å². The number of halogens is 1. The summed E-state index contributed by atoms with van der Waals surface area (Å²) < 4.78 is 41.3. The lowest BCUT2D eigenvalue weighted by Crippen LogP contribution is -2.19. The predicted molar refractivity (Wildman–Crippen MR) is 65.2 cm³/mol. The van der Waals surface area contributed by atoms with Crippen molar-refractivity contribution in [3.63, 3.8) is 0 Å². The molecule has 0 radical (unpaired) electrons. The Morgan fingerprint density at radius 3 is 2.78 bits per heavy atom. The molecule has 0 heterocycles. The fraction of sp³-hybridized carbons (Fsp3) is 0.333. The summed E-state index contributed by atoms with van der Waals surface area (Å²) >= 11 is 0. The normalized spacial score (nSPS) is 19.8. The average Bonchev–Trinajstić information content (AvgIpc) is 2.31. The number of ether oxygens (including phenoxy) is 1. The van der Waals surface area contributed by atoms with Gasteiger partial charge in [0.2, 0.25) is 10.0 Å². The first kappa shape index (κ1) is 13.0. The maximum Gasteiger partial charge on any atom is 0.241 e. The van der Waals surface area contributed by atoms with Gasteiger partial charge in [-0.05, 0) is 43.5 Å². The molecule has 0 aromatic heterocycles. The lowest BCUT2D eigenvalue weighted by molar-refractivity contribution is 0.223. The average molecular weight is 271 g/mol. The van der Waals surface area contributed by atoms with Crippen molar-refractivity contribution in [3.05, 3.63) is 36.2 Å². The number of allylic oxidation sites excluding steroid dienone is 1. The van der Waals surface area contributed by atoms with Crippen molar-refractivity contribution >= 4 is 10.0 Å². The molecule has 0 saturated heterocycles. The van der Waals surface area contributed by atoms with E-state index in [4.69, 9.17) is 9.88 Å². The van der Waals surface area contributed by atoms with Gasteiger partial charge in [-0.15, -0.1) is 0 Å². The summed E-state index contributed by atoms with van der Waals surface area (Å²) in [5.74, 6) is -0.569. The molecule has 1 aliphatic rings. The number of sulfonamides is 1. The van der Waals surface area contributed by atoms with E-state index in [2.05, 4.69) is 0 Å². The Bertz CT molecular complexity index is 569. The third-order valence-corrected chi connectivity index (χ3v) is 3.63. The van der Waals surface area contributed by atoms with Gasteiger partial charge in [0, 0.05) is 0 Å². The van der Waals surface area contributed by atoms with Crippen molar-refractivity contribution in [1.82, 2.24) is 0 Å². The summed E-state index contributed by atoms with van der Waals surface area (Å²) in [5.41, 5.74) is 0. The number of benzene rings is 1. The van der Waals surface area contributed by atoms with Crippen molar-refractivity contribution in [3.8, 4) is 5.75 Å². The SMILES string of the molecule is NS(=O)(=O)c1cc(F)ccc1OC1C=CCCC1. The molecular weight excluding hydrogens is 257 g/mol. The van der Waals surface area contributed by atoms with Gasteiger partial charge in [0.15, 0.2) is 0 Å². The van der Waals surface area contributed by atoms with E-state index in [1.807, 2.05) is 12.2 Å². The highest BCUT2D eigenvalue weighted by Crippen LogP contribution is 2.26. The molecule has 0 spiro atoms. The van der Waals surface area contributed by atoms with Crippen LogP contribution >= 0.6 is 0 Å². The summed E-state index contributed by atoms with van der Waals surface area (Å²) in [5, 5.41) is 5.04. The highest BCUT2D eigenvalue weighted by Gasteiger charge is 2.19. The maximum absolute atomic E-state index is 13.1. The Kier molecular flexibility index (Phi) is 3.68. The van der Waals surface area contributed by atoms with E-state index in [1.165, 1.54) is 6.07 Å². The number of hydrogen-bond acceptors (Lipinski definition) is 3. The molecule has 2 N–H and O–H groups in total. The molecule has 2 rings (SSSR count). The molecule has 1 aromatic rings. The van der Waals surface area contributed by atoms with Gasteiger partial charge in [-0.1, -0.05) is 6.08 Å². The minimum atomic E-state index is -4.00. The first-order valence-electron chi connectivity index (χ1n) is 5.62. The first-order chi connectivity index (χ1) is 8.47. The predicted octanol–water partition coefficient (Wildman–Crippen LogP) is 1.96. The first-order valence-corrected chi connectivity index (χ1v) is 7.17. The van der Waals surface area contributed by atoms with Gasteiger partial charge >= 0.3 is 0 Å². The van der Waals surface area contributed by atoms with Crippen LogP contribution in [0.1, 0.15) is 19.3 Å². The Morgan fingerprint density at radius 1 is 1.39 bits per heavy atom. The number of hydrogen-bond donors (Lipinski definition) is 1. The van der Waals surface area contributed by atoms with Gasteiger partial charge in [0.25, 0.3) is 0 Å². The third kappa shape index (κ3) is 3.08. The summed E-state index contributed by atoms with van der Waals surface area (Å²) in [4.78, 5) is -0.318. The second-order valence-corrected chi connectivity index (χ2v) is 5.68. The van der Waals surface area contributed by atoms with Crippen LogP contribution in [0.15, 0.2) is 35.2 Å². The summed E-state index contributed by atoms with van der Waals surface area (Å²) in [7, 11) is -4.00. The van der Waals surface area contributed by atoms with Crippen LogP contribution in [-0.4, -0.2) is 14.5 Å². The van der Waals surface area contributed by atoms with Crippen LogP contribution in [0.4, 0.5) is 4.39 Å². The minimum Gasteiger partial charge on any atom is -0.485 e. The molecule has 1 atom stereocenters. The second kappa shape index (κ2) is 5.07. The van der Waals surface area contributed by atoms with Crippen molar-refractivity contribution in [1.29, 1.82) is 0 Å². The standard InChI is InChI=1S/C12H14FNO3S/c13-9-6-7-11(12(8-9)18(14,15)16)17-10-4-2-1-3-5-10/h2,4,6-8,10H,1,3,5H2,(H2,14,15,16). The van der Waals surface area contributed by atoms with E-state index < -0.39 is 15.8 Å². The summed E-state index contributed by atoms with van der Waals surface area (Å²) in [6.07, 6.45) is 6.44. The highest BCUT2D eigenvalue weighted by molar-refractivity contribution is 7.89. The topological polar surface area (TPSA) is 69.4 Å². The van der Waals surface area contributed by atoms with Crippen LogP contribution in [0.5, 0.6) is 5.75 Å². The minimum absolute atomic E-state index is 0.0930. The van der Waals surface area contributed by atoms with Gasteiger partial charge in [-0.2, -0.15) is 0 Å². The van der Waals surface area contributed by atoms with Crippen molar-refractivity contribution < 1.29 is 17.5 Å². The van der Waals surface area contributed by atoms with Crippen LogP contribution in [0.2, 0.25) is 0 Å². The largest absolute Gasteiger partial charge is 0.485 e. The summed E-state index contributed by atoms with van der Waals surface area (Å²) in [6.45, 7) is 0. The molecule has 6 heteroatoms. The van der Waals surface area contributed by atoms with Crippen LogP contribution in [0.3, 0.4) is 0 Å². The molecule has 1 aromatic carbocycles. The third-order valence-electron chi connectivity index (χ3n) is 2.70. The molecule has 0 aliphatic heterocycles. The Morgan fingerprint density at radius 2 is 2.17 bits per heavy atom. The summed E-state index contributed by atoms with van der Waals surface area (Å²) in [6, 6.07) is 3.31. The van der Waals surface area contributed by atoms with E-state index in [1.54, 1.807) is 0 Å². The quantitative estimate of drug-likeness (QED) is 0.854. The van der Waals surface area contributed by atoms with Crippen LogP contribution in [-0.2, 0) is 10.0 Å². The lowest BCUT2D eigenvalue weighted by Gasteiger charge is -2.19. The molecule has 0 bridgehead atoms. The Hall–Kier alpha value is -1.40. The van der Waals surface area contributed by atoms with Crippen LogP contribution in [0, 0.1) is 5.82 Å². The molecule has 1 aliphatic carbocycles. The Balaban J connectivity index is 2.32. The van der Waals surface area contributed by atoms with E-state index >= 15 is 0 Å². The van der Waals surface area contributed by atoms with Crippen molar-refractivity contribution in [2.45, 2.75) is 30.3 Å². The molecule has 0 amide bonds. The molecule has 4 nitrogen and oxygen atoms in total. The molecule has 0 fully saturated rings. The molecule has 98 valence electrons. The van der Waals surface area contributed by atoms with Gasteiger partial charge in [0.05, 0.1) is 0 Å². The zero-order chi connectivity index (χ0) is 13.2. The maximum atomic E-state index is 13.1. The number of rotatable bonds is 3. The monoisotopic (exact) mass is 271 g/mol. The molecule has 0 saturated carbocycles. The molecular formula is C12H14FNO3S. The lowest BCUT2D eigenvalue weighted by atomic mass is 10.1. The van der Waals surface area contributed by atoms with E-state index in [-0.39, 0.29) is 16.7 Å². The van der Waals surface area contributed by atoms with E-state index in [0.717, 1.165) is 31.4 Å². The zero-order valence-electron chi connectivity index (χ0n) is 9.67. The van der Waals surface area contributed by atoms with Crippen LogP contribution in [0.25, 0.3) is 0 Å². The van der Waals surface area contributed by atoms with Gasteiger partial charge in [0.1, 0.15) is 22.6 Å². The molecule has 1 unspecified atom stereocenters. The van der Waals surface area contributed by atoms with E-state index in [9.17, 15) is 12.8 Å². The van der Waals surface area contributed by atoms with Crippen LogP contribution < -0.4 is 9.88 Å². The smallest absolute Gasteiger partial charge is 0.241 e. The second-order valence-electron chi connectivity index (χ2n) is 4.15. The number of nitrogens with two attached hydrogens (primary N) is 1. The van der Waals surface area contributed by atoms with Crippen molar-refractivity contribution in [2.24, 2.45) is 5.14 Å². The zero-order valence-corrected chi connectivity index (χ0v) is 10.5. The Labute approximate surface area is 105 Å². The highest BCUT2D eigenvalue weighted by atomic mass is 32.2. The van der Waals surface area contributed by atoms with Gasteiger partial charge in [-0.3, -0.25) is 0 Å². The fourth-order valence-electron chi connectivity index (χ4n) is 1.84. The fourth-order valence-corrected chi connectivity index (χ4v) is 2.52. The van der Waals surface area contributed by atoms with E-state index in [0.29, 0.717) is 0 Å². The van der Waals surface area contributed by atoms with Crippen molar-refractivity contribution in [2.75, 3.05) is 0 Å².